The van der Waals surface area contributed by atoms with Gasteiger partial charge in [0, 0.05) is 29.4 Å². The van der Waals surface area contributed by atoms with E-state index in [1.807, 2.05) is 66.7 Å². The lowest BCUT2D eigenvalue weighted by atomic mass is 10.0. The first kappa shape index (κ1) is 21.3. The average molecular weight is 428 g/mol. The van der Waals surface area contributed by atoms with Crippen LogP contribution in [0.1, 0.15) is 16.1 Å². The van der Waals surface area contributed by atoms with Crippen LogP contribution in [0.2, 0.25) is 0 Å². The average Bonchev–Trinajstić information content (AvgIpc) is 3.34. The molecule has 0 aliphatic carbocycles. The van der Waals surface area contributed by atoms with Crippen molar-refractivity contribution in [1.29, 1.82) is 0 Å². The van der Waals surface area contributed by atoms with Crippen molar-refractivity contribution in [1.82, 2.24) is 20.5 Å². The van der Waals surface area contributed by atoms with Crippen LogP contribution in [0.15, 0.2) is 79.0 Å². The number of aromatic amines is 1. The molecular weight excluding hydrogens is 404 g/mol. The number of H-pyrrole nitrogens is 1. The molecule has 0 unspecified atom stereocenters. The van der Waals surface area contributed by atoms with Crippen LogP contribution >= 0.6 is 0 Å². The smallest absolute Gasteiger partial charge is 0.252 e. The van der Waals surface area contributed by atoms with Gasteiger partial charge >= 0.3 is 0 Å². The van der Waals surface area contributed by atoms with Gasteiger partial charge in [0.1, 0.15) is 5.75 Å². The number of nitrogens with one attached hydrogen (secondary N) is 2. The highest BCUT2D eigenvalue weighted by atomic mass is 16.5. The quantitative estimate of drug-likeness (QED) is 0.399. The van der Waals surface area contributed by atoms with E-state index in [9.17, 15) is 9.90 Å². The molecule has 2 aromatic heterocycles. The highest BCUT2D eigenvalue weighted by molar-refractivity contribution is 6.00. The number of aliphatic hydroxyl groups is 1. The molecule has 0 fully saturated rings. The molecule has 4 rings (SSSR count). The number of benzene rings is 2. The Balaban J connectivity index is 1.54. The van der Waals surface area contributed by atoms with E-state index >= 15 is 0 Å². The van der Waals surface area contributed by atoms with Gasteiger partial charge in [-0.05, 0) is 54.1 Å². The van der Waals surface area contributed by atoms with E-state index in [1.165, 1.54) is 0 Å². The summed E-state index contributed by atoms with van der Waals surface area (Å²) in [5.74, 6) is 0.504. The second-order valence-corrected chi connectivity index (χ2v) is 7.32. The van der Waals surface area contributed by atoms with Crippen LogP contribution in [0.4, 0.5) is 0 Å². The number of ether oxygens (including phenoxy) is 1. The van der Waals surface area contributed by atoms with Crippen LogP contribution in [-0.2, 0) is 6.42 Å². The molecule has 1 atom stereocenters. The molecule has 2 heterocycles. The van der Waals surface area contributed by atoms with Crippen molar-refractivity contribution in [2.75, 3.05) is 13.7 Å². The summed E-state index contributed by atoms with van der Waals surface area (Å²) in [6.45, 7) is -0.186. The zero-order valence-corrected chi connectivity index (χ0v) is 17.7. The number of carbonyl (C=O) groups excluding carboxylic acids is 1. The van der Waals surface area contributed by atoms with Gasteiger partial charge in [0.2, 0.25) is 0 Å². The summed E-state index contributed by atoms with van der Waals surface area (Å²) >= 11 is 0. The van der Waals surface area contributed by atoms with E-state index in [-0.39, 0.29) is 12.5 Å². The van der Waals surface area contributed by atoms with E-state index in [2.05, 4.69) is 20.5 Å². The maximum atomic E-state index is 13.1. The Morgan fingerprint density at radius 3 is 2.59 bits per heavy atom. The number of pyridine rings is 1. The van der Waals surface area contributed by atoms with Gasteiger partial charge in [-0.15, -0.1) is 0 Å². The van der Waals surface area contributed by atoms with Gasteiger partial charge in [-0.3, -0.25) is 14.9 Å². The Labute approximate surface area is 186 Å². The number of hydrogen-bond donors (Lipinski definition) is 3. The Morgan fingerprint density at radius 2 is 1.88 bits per heavy atom. The number of aromatic nitrogens is 3. The molecule has 2 aromatic carbocycles. The van der Waals surface area contributed by atoms with Gasteiger partial charge in [0.15, 0.2) is 0 Å². The third-order valence-corrected chi connectivity index (χ3v) is 5.16. The fraction of sp³-hybridized carbons (Fsp3) is 0.160. The second-order valence-electron chi connectivity index (χ2n) is 7.32. The predicted octanol–water partition coefficient (Wildman–Crippen LogP) is 3.48. The molecule has 0 aliphatic heterocycles. The van der Waals surface area contributed by atoms with E-state index in [4.69, 9.17) is 4.74 Å². The third kappa shape index (κ3) is 4.84. The summed E-state index contributed by atoms with van der Waals surface area (Å²) < 4.78 is 5.21. The summed E-state index contributed by atoms with van der Waals surface area (Å²) in [6.07, 6.45) is 2.13. The van der Waals surface area contributed by atoms with Crippen LogP contribution in [-0.4, -0.2) is 46.0 Å². The highest BCUT2D eigenvalue weighted by Crippen LogP contribution is 2.27. The zero-order valence-electron chi connectivity index (χ0n) is 17.7. The van der Waals surface area contributed by atoms with Crippen LogP contribution in [0.25, 0.3) is 22.5 Å². The lowest BCUT2D eigenvalue weighted by molar-refractivity contribution is 0.0917. The minimum atomic E-state index is -0.445. The van der Waals surface area contributed by atoms with Crippen molar-refractivity contribution in [3.8, 4) is 28.3 Å². The molecule has 1 amide bonds. The number of rotatable bonds is 8. The first-order chi connectivity index (χ1) is 15.7. The summed E-state index contributed by atoms with van der Waals surface area (Å²) in [5, 5.41) is 20.1. The maximum absolute atomic E-state index is 13.1. The van der Waals surface area contributed by atoms with Crippen molar-refractivity contribution in [3.63, 3.8) is 0 Å². The van der Waals surface area contributed by atoms with Crippen molar-refractivity contribution in [3.05, 3.63) is 90.3 Å². The number of methoxy groups -OCH3 is 1. The molecule has 0 radical (unpaired) electrons. The molecule has 4 aromatic rings. The molecule has 162 valence electrons. The van der Waals surface area contributed by atoms with E-state index in [1.54, 1.807) is 19.4 Å². The van der Waals surface area contributed by atoms with Crippen molar-refractivity contribution in [2.45, 2.75) is 12.5 Å². The monoisotopic (exact) mass is 428 g/mol. The minimum absolute atomic E-state index is 0.186. The molecule has 7 heteroatoms. The van der Waals surface area contributed by atoms with Gasteiger partial charge in [-0.25, -0.2) is 0 Å². The standard InChI is InChI=1S/C25H24N4O3/c1-32-20-11-9-17(10-12-20)23-15-24(29-28-23)21-7-2-3-8-22(21)25(31)27-19(16-30)14-18-6-4-5-13-26-18/h2-13,15,19,30H,14,16H2,1H3,(H,27,31)(H,28,29)/t19-/m1/s1. The van der Waals surface area contributed by atoms with E-state index in [0.29, 0.717) is 23.2 Å². The predicted molar refractivity (Wildman–Crippen MR) is 122 cm³/mol. The molecule has 3 N–H and O–H groups in total. The van der Waals surface area contributed by atoms with Gasteiger partial charge in [0.05, 0.1) is 31.1 Å². The Hall–Kier alpha value is -3.97. The van der Waals surface area contributed by atoms with Crippen molar-refractivity contribution >= 4 is 5.91 Å². The van der Waals surface area contributed by atoms with Crippen LogP contribution in [0, 0.1) is 0 Å². The normalized spacial score (nSPS) is 11.7. The van der Waals surface area contributed by atoms with Crippen molar-refractivity contribution < 1.29 is 14.6 Å². The second kappa shape index (κ2) is 9.89. The number of amides is 1. The molecule has 0 aliphatic rings. The molecule has 0 saturated carbocycles. The lowest BCUT2D eigenvalue weighted by Crippen LogP contribution is -2.39. The Morgan fingerprint density at radius 1 is 1.09 bits per heavy atom. The highest BCUT2D eigenvalue weighted by Gasteiger charge is 2.19. The molecule has 32 heavy (non-hydrogen) atoms. The van der Waals surface area contributed by atoms with E-state index in [0.717, 1.165) is 22.7 Å². The summed E-state index contributed by atoms with van der Waals surface area (Å²) in [7, 11) is 1.63. The fourth-order valence-corrected chi connectivity index (χ4v) is 3.48. The molecular formula is C25H24N4O3. The third-order valence-electron chi connectivity index (χ3n) is 5.16. The van der Waals surface area contributed by atoms with Crippen LogP contribution < -0.4 is 10.1 Å². The molecule has 0 bridgehead atoms. The topological polar surface area (TPSA) is 100 Å². The minimum Gasteiger partial charge on any atom is -0.497 e. The van der Waals surface area contributed by atoms with E-state index < -0.39 is 6.04 Å². The lowest BCUT2D eigenvalue weighted by Gasteiger charge is -2.17. The summed E-state index contributed by atoms with van der Waals surface area (Å²) in [6, 6.07) is 22.0. The number of carbonyl (C=O) groups is 1. The van der Waals surface area contributed by atoms with Gasteiger partial charge < -0.3 is 15.2 Å². The van der Waals surface area contributed by atoms with Gasteiger partial charge in [0.25, 0.3) is 5.91 Å². The number of aliphatic hydroxyl groups excluding tert-OH is 1. The van der Waals surface area contributed by atoms with Crippen molar-refractivity contribution in [2.24, 2.45) is 0 Å². The van der Waals surface area contributed by atoms with Gasteiger partial charge in [-0.2, -0.15) is 5.10 Å². The molecule has 0 spiro atoms. The first-order valence-electron chi connectivity index (χ1n) is 10.3. The SMILES string of the molecule is COc1ccc(-c2cc(-c3ccccc3C(=O)N[C@@H](CO)Cc3ccccn3)n[nH]2)cc1. The van der Waals surface area contributed by atoms with Gasteiger partial charge in [-0.1, -0.05) is 24.3 Å². The van der Waals surface area contributed by atoms with Crippen LogP contribution in [0.5, 0.6) is 5.75 Å². The number of nitrogens with zero attached hydrogens (tertiary/aromatic N) is 2. The van der Waals surface area contributed by atoms with Crippen LogP contribution in [0.3, 0.4) is 0 Å². The zero-order chi connectivity index (χ0) is 22.3. The Kier molecular flexibility index (Phi) is 6.57. The summed E-state index contributed by atoms with van der Waals surface area (Å²) in [4.78, 5) is 17.3. The number of hydrogen-bond acceptors (Lipinski definition) is 5. The first-order valence-corrected chi connectivity index (χ1v) is 10.3. The largest absolute Gasteiger partial charge is 0.497 e. The molecule has 0 saturated heterocycles. The Bertz CT molecular complexity index is 1170. The fourth-order valence-electron chi connectivity index (χ4n) is 3.48. The maximum Gasteiger partial charge on any atom is 0.252 e. The summed E-state index contributed by atoms with van der Waals surface area (Å²) in [5.41, 5.74) is 4.45. The molecule has 7 nitrogen and oxygen atoms in total.